The predicted octanol–water partition coefficient (Wildman–Crippen LogP) is 1.45. The molecular formula is C21H25FN8O2. The lowest BCUT2D eigenvalue weighted by Gasteiger charge is -2.35. The summed E-state index contributed by atoms with van der Waals surface area (Å²) in [6, 6.07) is 1.88. The van der Waals surface area contributed by atoms with E-state index in [1.165, 1.54) is 0 Å². The van der Waals surface area contributed by atoms with Gasteiger partial charge in [0.2, 0.25) is 0 Å². The van der Waals surface area contributed by atoms with Gasteiger partial charge >= 0.3 is 0 Å². The third kappa shape index (κ3) is 4.08. The Balaban J connectivity index is 1.30. The van der Waals surface area contributed by atoms with Crippen LogP contribution in [-0.4, -0.2) is 63.9 Å². The molecule has 11 heteroatoms. The van der Waals surface area contributed by atoms with Crippen molar-refractivity contribution >= 4 is 28.7 Å². The van der Waals surface area contributed by atoms with Crippen LogP contribution in [0.2, 0.25) is 0 Å². The molecule has 2 aliphatic heterocycles. The van der Waals surface area contributed by atoms with Gasteiger partial charge in [-0.1, -0.05) is 0 Å². The normalized spacial score (nSPS) is 19.5. The summed E-state index contributed by atoms with van der Waals surface area (Å²) < 4.78 is 20.8. The first-order chi connectivity index (χ1) is 15.6. The molecule has 168 valence electrons. The number of ether oxygens (including phenoxy) is 1. The average molecular weight is 440 g/mol. The molecule has 0 aromatic carbocycles. The lowest BCUT2D eigenvalue weighted by atomic mass is 10.1. The molecule has 2 aliphatic rings. The van der Waals surface area contributed by atoms with E-state index in [-0.39, 0.29) is 23.1 Å². The fourth-order valence-corrected chi connectivity index (χ4v) is 4.34. The number of anilines is 3. The first-order valence-corrected chi connectivity index (χ1v) is 10.7. The number of nitrogens with two attached hydrogens (primary N) is 1. The molecule has 5 rings (SSSR count). The van der Waals surface area contributed by atoms with Gasteiger partial charge in [-0.05, 0) is 31.9 Å². The van der Waals surface area contributed by atoms with Crippen LogP contribution in [0.5, 0.6) is 0 Å². The first kappa shape index (κ1) is 20.6. The van der Waals surface area contributed by atoms with E-state index in [1.54, 1.807) is 12.4 Å². The Hall–Kier alpha value is -3.31. The minimum atomic E-state index is -0.571. The molecule has 5 heterocycles. The summed E-state index contributed by atoms with van der Waals surface area (Å²) in [5, 5.41) is 10.2. The van der Waals surface area contributed by atoms with Crippen LogP contribution in [0, 0.1) is 5.82 Å². The summed E-state index contributed by atoms with van der Waals surface area (Å²) in [4.78, 5) is 23.4. The average Bonchev–Trinajstić information content (AvgIpc) is 3.41. The topological polar surface area (TPSA) is 123 Å². The van der Waals surface area contributed by atoms with Gasteiger partial charge < -0.3 is 26.0 Å². The number of hydrogen-bond acceptors (Lipinski definition) is 8. The molecule has 0 bridgehead atoms. The molecule has 2 fully saturated rings. The van der Waals surface area contributed by atoms with E-state index in [4.69, 9.17) is 10.5 Å². The Morgan fingerprint density at radius 3 is 2.88 bits per heavy atom. The number of nitrogen functional groups attached to an aromatic ring is 1. The van der Waals surface area contributed by atoms with E-state index in [9.17, 15) is 9.18 Å². The molecule has 2 saturated heterocycles. The molecule has 10 nitrogen and oxygen atoms in total. The van der Waals surface area contributed by atoms with Crippen LogP contribution in [0.3, 0.4) is 0 Å². The lowest BCUT2D eigenvalue weighted by Crippen LogP contribution is -2.39. The van der Waals surface area contributed by atoms with E-state index in [0.29, 0.717) is 11.8 Å². The Kier molecular flexibility index (Phi) is 5.58. The van der Waals surface area contributed by atoms with Crippen LogP contribution in [0.15, 0.2) is 30.9 Å². The Labute approximate surface area is 184 Å². The Bertz CT molecular complexity index is 1120. The van der Waals surface area contributed by atoms with Crippen molar-refractivity contribution in [2.24, 2.45) is 0 Å². The maximum atomic E-state index is 13.4. The molecule has 32 heavy (non-hydrogen) atoms. The number of fused-ring (bicyclic) bond motifs is 1. The summed E-state index contributed by atoms with van der Waals surface area (Å²) in [5.74, 6) is -1.07. The second kappa shape index (κ2) is 8.67. The van der Waals surface area contributed by atoms with Crippen molar-refractivity contribution in [1.82, 2.24) is 24.9 Å². The Morgan fingerprint density at radius 2 is 2.09 bits per heavy atom. The number of piperidine rings is 1. The van der Waals surface area contributed by atoms with Crippen LogP contribution in [0.25, 0.3) is 5.65 Å². The van der Waals surface area contributed by atoms with E-state index < -0.39 is 11.7 Å². The molecule has 1 atom stereocenters. The van der Waals surface area contributed by atoms with Gasteiger partial charge in [-0.15, -0.1) is 5.10 Å². The minimum absolute atomic E-state index is 0.0228. The number of carbonyl (C=O) groups is 1. The molecule has 0 radical (unpaired) electrons. The van der Waals surface area contributed by atoms with E-state index >= 15 is 0 Å². The zero-order valence-electron chi connectivity index (χ0n) is 17.5. The van der Waals surface area contributed by atoms with Crippen LogP contribution < -0.4 is 21.3 Å². The van der Waals surface area contributed by atoms with Crippen molar-refractivity contribution in [2.45, 2.75) is 31.5 Å². The Morgan fingerprint density at radius 1 is 1.25 bits per heavy atom. The molecule has 1 amide bonds. The number of carbonyl (C=O) groups excluding carboxylic acids is 1. The van der Waals surface area contributed by atoms with Gasteiger partial charge in [0.25, 0.3) is 5.91 Å². The van der Waals surface area contributed by atoms with Crippen molar-refractivity contribution in [1.29, 1.82) is 0 Å². The molecule has 3 aromatic rings. The zero-order chi connectivity index (χ0) is 22.1. The molecular weight excluding hydrogens is 415 g/mol. The van der Waals surface area contributed by atoms with Gasteiger partial charge in [0.15, 0.2) is 17.3 Å². The highest BCUT2D eigenvalue weighted by Crippen LogP contribution is 2.30. The van der Waals surface area contributed by atoms with E-state index in [0.717, 1.165) is 68.0 Å². The van der Waals surface area contributed by atoms with Gasteiger partial charge in [0.05, 0.1) is 42.2 Å². The maximum Gasteiger partial charge on any atom is 0.263 e. The van der Waals surface area contributed by atoms with E-state index in [1.807, 2.05) is 6.07 Å². The van der Waals surface area contributed by atoms with Crippen LogP contribution >= 0.6 is 0 Å². The summed E-state index contributed by atoms with van der Waals surface area (Å²) in [6.07, 6.45) is 8.91. The summed E-state index contributed by atoms with van der Waals surface area (Å²) in [5.41, 5.74) is 7.65. The second-order valence-electron chi connectivity index (χ2n) is 8.08. The van der Waals surface area contributed by atoms with Gasteiger partial charge in [-0.3, -0.25) is 9.78 Å². The number of pyridine rings is 1. The molecule has 0 aliphatic carbocycles. The standard InChI is InChI=1S/C21H25FN8O2/c22-13-9-26-20-18(19(23)28-30(20)12-13)21(31)27-16-11-25-6-2-17(16)29-7-3-14(4-8-29)32-15-1-5-24-10-15/h2,6,9,11-12,14-15,24H,1,3-5,7-8,10H2,(H2,23,28)(H,27,31). The smallest absolute Gasteiger partial charge is 0.263 e. The number of hydrogen-bond donors (Lipinski definition) is 3. The predicted molar refractivity (Wildman–Crippen MR) is 117 cm³/mol. The minimum Gasteiger partial charge on any atom is -0.381 e. The summed E-state index contributed by atoms with van der Waals surface area (Å²) in [7, 11) is 0. The highest BCUT2D eigenvalue weighted by Gasteiger charge is 2.27. The van der Waals surface area contributed by atoms with Crippen molar-refractivity contribution in [2.75, 3.05) is 42.1 Å². The number of rotatable bonds is 5. The van der Waals surface area contributed by atoms with Crippen LogP contribution in [-0.2, 0) is 4.74 Å². The monoisotopic (exact) mass is 440 g/mol. The van der Waals surface area contributed by atoms with Gasteiger partial charge in [-0.2, -0.15) is 0 Å². The summed E-state index contributed by atoms with van der Waals surface area (Å²) >= 11 is 0. The first-order valence-electron chi connectivity index (χ1n) is 10.7. The quantitative estimate of drug-likeness (QED) is 0.545. The number of nitrogens with zero attached hydrogens (tertiary/aromatic N) is 5. The second-order valence-corrected chi connectivity index (χ2v) is 8.08. The third-order valence-electron chi connectivity index (χ3n) is 5.92. The van der Waals surface area contributed by atoms with Gasteiger partial charge in [0.1, 0.15) is 5.56 Å². The molecule has 4 N–H and O–H groups in total. The van der Waals surface area contributed by atoms with Crippen molar-refractivity contribution < 1.29 is 13.9 Å². The number of amides is 1. The zero-order valence-corrected chi connectivity index (χ0v) is 17.5. The van der Waals surface area contributed by atoms with Crippen molar-refractivity contribution in [3.63, 3.8) is 0 Å². The SMILES string of the molecule is Nc1nn2cc(F)cnc2c1C(=O)Nc1cnccc1N1CCC(OC2CCNC2)CC1. The third-order valence-corrected chi connectivity index (χ3v) is 5.92. The fourth-order valence-electron chi connectivity index (χ4n) is 4.34. The fraction of sp³-hybridized carbons (Fsp3) is 0.429. The van der Waals surface area contributed by atoms with Crippen LogP contribution in [0.4, 0.5) is 21.6 Å². The molecule has 0 saturated carbocycles. The number of halogens is 1. The summed E-state index contributed by atoms with van der Waals surface area (Å²) in [6.45, 7) is 3.58. The molecule has 1 unspecified atom stereocenters. The highest BCUT2D eigenvalue weighted by molar-refractivity contribution is 6.12. The highest BCUT2D eigenvalue weighted by atomic mass is 19.1. The van der Waals surface area contributed by atoms with Gasteiger partial charge in [-0.25, -0.2) is 13.9 Å². The van der Waals surface area contributed by atoms with Crippen LogP contribution in [0.1, 0.15) is 29.6 Å². The number of nitrogens with one attached hydrogen (secondary N) is 2. The van der Waals surface area contributed by atoms with Gasteiger partial charge in [0, 0.05) is 25.8 Å². The van der Waals surface area contributed by atoms with E-state index in [2.05, 4.69) is 30.6 Å². The van der Waals surface area contributed by atoms with Crippen molar-refractivity contribution in [3.05, 3.63) is 42.2 Å². The van der Waals surface area contributed by atoms with Crippen molar-refractivity contribution in [3.8, 4) is 0 Å². The lowest BCUT2D eigenvalue weighted by molar-refractivity contribution is -0.0130. The number of aromatic nitrogens is 4. The largest absolute Gasteiger partial charge is 0.381 e. The maximum absolute atomic E-state index is 13.4. The molecule has 0 spiro atoms. The molecule has 3 aromatic heterocycles.